The third-order valence-corrected chi connectivity index (χ3v) is 15.7. The fourth-order valence-electron chi connectivity index (χ4n) is 10.4. The van der Waals surface area contributed by atoms with Gasteiger partial charge in [0, 0.05) is 6.42 Å². The maximum Gasteiger partial charge on any atom is 0.306 e. The van der Waals surface area contributed by atoms with Crippen molar-refractivity contribution in [1.29, 1.82) is 0 Å². The highest BCUT2D eigenvalue weighted by atomic mass is 16.7. The highest BCUT2D eigenvalue weighted by molar-refractivity contribution is 5.80. The van der Waals surface area contributed by atoms with Crippen molar-refractivity contribution in [3.63, 3.8) is 0 Å². The zero-order chi connectivity index (χ0) is 57.5. The SMILES string of the molecule is CCCCC/C=C\C/C=C\CCCCCCCCCCCCCCCC(=O)OC1C(OCC(NC(=O)C(O)CCCCCCCC/C=C\CCCCCC)C(O)/C=C/CCCCCCCCCCCCC)OC(CO)C(O)C1O. The quantitative estimate of drug-likeness (QED) is 0.0195. The lowest BCUT2D eigenvalue weighted by Crippen LogP contribution is -2.61. The molecule has 0 spiro atoms. The topological polar surface area (TPSA) is 175 Å². The van der Waals surface area contributed by atoms with Crippen molar-refractivity contribution in [3.05, 3.63) is 48.6 Å². The van der Waals surface area contributed by atoms with Gasteiger partial charge in [-0.3, -0.25) is 9.59 Å². The molecular weight excluding hydrogens is 991 g/mol. The number of amides is 1. The van der Waals surface area contributed by atoms with E-state index in [0.717, 1.165) is 77.0 Å². The van der Waals surface area contributed by atoms with Crippen LogP contribution in [-0.4, -0.2) is 99.6 Å². The van der Waals surface area contributed by atoms with E-state index in [-0.39, 0.29) is 19.4 Å². The van der Waals surface area contributed by atoms with E-state index in [2.05, 4.69) is 62.5 Å². The maximum atomic E-state index is 13.4. The van der Waals surface area contributed by atoms with Crippen LogP contribution in [0.5, 0.6) is 0 Å². The molecule has 1 amide bonds. The summed E-state index contributed by atoms with van der Waals surface area (Å²) in [6.07, 6.45) is 58.6. The van der Waals surface area contributed by atoms with Gasteiger partial charge in [0.2, 0.25) is 5.91 Å². The van der Waals surface area contributed by atoms with Crippen molar-refractivity contribution in [2.45, 2.75) is 359 Å². The summed E-state index contributed by atoms with van der Waals surface area (Å²) in [5.74, 6) is -1.19. The summed E-state index contributed by atoms with van der Waals surface area (Å²) in [7, 11) is 0. The number of ether oxygens (including phenoxy) is 3. The molecule has 0 aromatic rings. The fourth-order valence-corrected chi connectivity index (χ4v) is 10.4. The summed E-state index contributed by atoms with van der Waals surface area (Å²) in [6, 6.07) is -1.02. The van der Waals surface area contributed by atoms with Gasteiger partial charge >= 0.3 is 5.97 Å². The average molecular weight is 1120 g/mol. The molecule has 1 heterocycles. The Morgan fingerprint density at radius 3 is 1.34 bits per heavy atom. The molecule has 79 heavy (non-hydrogen) atoms. The van der Waals surface area contributed by atoms with E-state index in [0.29, 0.717) is 12.8 Å². The largest absolute Gasteiger partial charge is 0.454 e. The first-order valence-corrected chi connectivity index (χ1v) is 33.4. The summed E-state index contributed by atoms with van der Waals surface area (Å²) in [6.45, 7) is 5.78. The smallest absolute Gasteiger partial charge is 0.306 e. The first kappa shape index (κ1) is 74.6. The van der Waals surface area contributed by atoms with Crippen LogP contribution < -0.4 is 5.32 Å². The molecule has 0 bridgehead atoms. The Kier molecular flexibility index (Phi) is 53.0. The van der Waals surface area contributed by atoms with E-state index in [1.54, 1.807) is 6.08 Å². The monoisotopic (exact) mass is 1120 g/mol. The molecule has 1 fully saturated rings. The van der Waals surface area contributed by atoms with Crippen molar-refractivity contribution in [2.24, 2.45) is 0 Å². The van der Waals surface area contributed by atoms with E-state index in [9.17, 15) is 35.1 Å². The molecule has 0 radical (unpaired) electrons. The van der Waals surface area contributed by atoms with E-state index in [1.807, 2.05) is 6.08 Å². The summed E-state index contributed by atoms with van der Waals surface area (Å²) >= 11 is 0. The predicted molar refractivity (Wildman–Crippen MR) is 329 cm³/mol. The lowest BCUT2D eigenvalue weighted by Gasteiger charge is -2.41. The second kappa shape index (κ2) is 56.1. The molecule has 0 aromatic carbocycles. The van der Waals surface area contributed by atoms with Crippen LogP contribution in [-0.2, 0) is 23.8 Å². The van der Waals surface area contributed by atoms with Gasteiger partial charge < -0.3 is 45.1 Å². The van der Waals surface area contributed by atoms with Gasteiger partial charge in [-0.2, -0.15) is 0 Å². The molecule has 8 unspecified atom stereocenters. The van der Waals surface area contributed by atoms with Crippen LogP contribution in [0.4, 0.5) is 0 Å². The number of rotatable bonds is 57. The average Bonchev–Trinajstić information content (AvgIpc) is 3.50. The lowest BCUT2D eigenvalue weighted by atomic mass is 9.99. The second-order valence-electron chi connectivity index (χ2n) is 23.2. The zero-order valence-electron chi connectivity index (χ0n) is 51.2. The number of hydrogen-bond donors (Lipinski definition) is 6. The third kappa shape index (κ3) is 43.9. The van der Waals surface area contributed by atoms with Gasteiger partial charge in [0.25, 0.3) is 0 Å². The molecule has 0 aromatic heterocycles. The van der Waals surface area contributed by atoms with Crippen LogP contribution in [0, 0.1) is 0 Å². The number of aliphatic hydroxyl groups excluding tert-OH is 5. The number of allylic oxidation sites excluding steroid dienone is 7. The minimum absolute atomic E-state index is 0.123. The lowest BCUT2D eigenvalue weighted by molar-refractivity contribution is -0.305. The van der Waals surface area contributed by atoms with Gasteiger partial charge in [0.05, 0.1) is 25.4 Å². The molecule has 0 aliphatic carbocycles. The normalized spacial score (nSPS) is 19.1. The van der Waals surface area contributed by atoms with E-state index < -0.39 is 67.4 Å². The van der Waals surface area contributed by atoms with Crippen LogP contribution >= 0.6 is 0 Å². The maximum absolute atomic E-state index is 13.4. The Bertz CT molecular complexity index is 1470. The van der Waals surface area contributed by atoms with E-state index >= 15 is 0 Å². The Hall–Kier alpha value is -2.38. The van der Waals surface area contributed by atoms with Gasteiger partial charge in [-0.1, -0.05) is 268 Å². The van der Waals surface area contributed by atoms with Crippen molar-refractivity contribution in [3.8, 4) is 0 Å². The number of nitrogens with one attached hydrogen (secondary N) is 1. The number of aliphatic hydroxyl groups is 5. The number of esters is 1. The van der Waals surface area contributed by atoms with Gasteiger partial charge in [-0.15, -0.1) is 0 Å². The Morgan fingerprint density at radius 2 is 0.873 bits per heavy atom. The van der Waals surface area contributed by atoms with Gasteiger partial charge in [0.1, 0.15) is 24.4 Å². The van der Waals surface area contributed by atoms with E-state index in [1.165, 1.54) is 186 Å². The van der Waals surface area contributed by atoms with Crippen molar-refractivity contribution in [2.75, 3.05) is 13.2 Å². The highest BCUT2D eigenvalue weighted by Gasteiger charge is 2.47. The van der Waals surface area contributed by atoms with Crippen molar-refractivity contribution in [1.82, 2.24) is 5.32 Å². The zero-order valence-corrected chi connectivity index (χ0v) is 51.2. The minimum Gasteiger partial charge on any atom is -0.454 e. The predicted octanol–water partition coefficient (Wildman–Crippen LogP) is 16.4. The molecular formula is C68H125NO10. The molecule has 11 nitrogen and oxygen atoms in total. The third-order valence-electron chi connectivity index (χ3n) is 15.7. The Labute approximate surface area is 485 Å². The second-order valence-corrected chi connectivity index (χ2v) is 23.2. The number of unbranched alkanes of at least 4 members (excludes halogenated alkanes) is 37. The van der Waals surface area contributed by atoms with Crippen LogP contribution in [0.25, 0.3) is 0 Å². The van der Waals surface area contributed by atoms with Gasteiger partial charge in [0.15, 0.2) is 12.4 Å². The van der Waals surface area contributed by atoms with Crippen molar-refractivity contribution < 1.29 is 49.3 Å². The first-order valence-electron chi connectivity index (χ1n) is 33.4. The molecule has 6 N–H and O–H groups in total. The molecule has 8 atom stereocenters. The molecule has 11 heteroatoms. The summed E-state index contributed by atoms with van der Waals surface area (Å²) in [5.41, 5.74) is 0. The Morgan fingerprint density at radius 1 is 0.494 bits per heavy atom. The van der Waals surface area contributed by atoms with Crippen LogP contribution in [0.2, 0.25) is 0 Å². The number of carbonyl (C=O) groups excluding carboxylic acids is 2. The molecule has 1 aliphatic rings. The van der Waals surface area contributed by atoms with Crippen LogP contribution in [0.1, 0.15) is 310 Å². The summed E-state index contributed by atoms with van der Waals surface area (Å²) in [5, 5.41) is 57.1. The highest BCUT2D eigenvalue weighted by Crippen LogP contribution is 2.26. The molecule has 1 aliphatic heterocycles. The molecule has 462 valence electrons. The number of carbonyl (C=O) groups is 2. The van der Waals surface area contributed by atoms with Crippen LogP contribution in [0.3, 0.4) is 0 Å². The Balaban J connectivity index is 2.61. The number of hydrogen-bond acceptors (Lipinski definition) is 10. The van der Waals surface area contributed by atoms with Crippen LogP contribution in [0.15, 0.2) is 48.6 Å². The van der Waals surface area contributed by atoms with Gasteiger partial charge in [-0.05, 0) is 83.5 Å². The minimum atomic E-state index is -1.61. The fraction of sp³-hybridized carbons (Fsp3) is 0.853. The van der Waals surface area contributed by atoms with Gasteiger partial charge in [-0.25, -0.2) is 0 Å². The molecule has 0 saturated carbocycles. The summed E-state index contributed by atoms with van der Waals surface area (Å²) < 4.78 is 17.7. The molecule has 1 rings (SSSR count). The molecule has 1 saturated heterocycles. The standard InChI is InChI=1S/C68H125NO10/c1-4-7-10-13-16-19-22-25-27-28-29-30-31-32-33-34-35-38-41-44-47-50-53-56-63(73)79-66-65(75)64(74)62(57-70)78-68(66)77-58-59(60(71)54-51-48-45-42-39-36-24-21-18-15-12-9-6-3)69-67(76)61(72)55-52-49-46-43-40-37-26-23-20-17-14-11-8-5-2/h16,19-20,23,25,27,51,54,59-62,64-66,68,70-72,74-75H,4-15,17-18,21-22,24,26,28-50,52-53,55-58H2,1-3H3,(H,69,76)/b19-16-,23-20-,27-25-,54-51+. The first-order chi connectivity index (χ1) is 38.7. The van der Waals surface area contributed by atoms with Crippen molar-refractivity contribution >= 4 is 11.9 Å². The summed E-state index contributed by atoms with van der Waals surface area (Å²) in [4.78, 5) is 26.6. The van der Waals surface area contributed by atoms with E-state index in [4.69, 9.17) is 14.2 Å².